The second-order valence-electron chi connectivity index (χ2n) is 22.2. The van der Waals surface area contributed by atoms with Crippen molar-refractivity contribution in [3.05, 3.63) is 162 Å². The molecule has 1 unspecified atom stereocenters. The third kappa shape index (κ3) is 8.24. The van der Waals surface area contributed by atoms with Crippen molar-refractivity contribution in [2.45, 2.75) is 99.5 Å². The Morgan fingerprint density at radius 1 is 0.711 bits per heavy atom. The van der Waals surface area contributed by atoms with Crippen LogP contribution in [0.2, 0.25) is 18.6 Å². The summed E-state index contributed by atoms with van der Waals surface area (Å²) in [6.07, 6.45) is 4.16. The van der Waals surface area contributed by atoms with Crippen molar-refractivity contribution in [2.24, 2.45) is 5.92 Å². The van der Waals surface area contributed by atoms with E-state index in [1.165, 1.54) is 0 Å². The summed E-state index contributed by atoms with van der Waals surface area (Å²) in [7, 11) is -3.59. The van der Waals surface area contributed by atoms with Crippen LogP contribution >= 0.6 is 0 Å². The number of aliphatic hydroxyl groups excluding tert-OH is 1. The first kappa shape index (κ1) is 50.1. The number of hydrogen-bond acceptors (Lipinski definition) is 11. The second-order valence-corrected chi connectivity index (χ2v) is 26.0. The summed E-state index contributed by atoms with van der Waals surface area (Å²) in [5.41, 5.74) is 3.37. The van der Waals surface area contributed by atoms with Crippen molar-refractivity contribution >= 4 is 54.6 Å². The van der Waals surface area contributed by atoms with Crippen molar-refractivity contribution < 1.29 is 28.3 Å². The molecule has 7 heterocycles. The largest absolute Gasteiger partial charge is 0.395 e. The molecule has 0 saturated carbocycles. The number of amides is 3. The minimum Gasteiger partial charge on any atom is -0.395 e. The Balaban J connectivity index is 0.904. The number of para-hydroxylation sites is 2. The lowest BCUT2D eigenvalue weighted by Gasteiger charge is -2.39. The molecule has 3 spiro atoms. The highest BCUT2D eigenvalue weighted by atomic mass is 28.4. The van der Waals surface area contributed by atoms with Gasteiger partial charge >= 0.3 is 0 Å². The van der Waals surface area contributed by atoms with Gasteiger partial charge in [-0.05, 0) is 137 Å². The van der Waals surface area contributed by atoms with E-state index in [4.69, 9.17) is 4.74 Å². The normalized spacial score (nSPS) is 24.5. The summed E-state index contributed by atoms with van der Waals surface area (Å²) in [6, 6.07) is 43.7. The van der Waals surface area contributed by atoms with Crippen molar-refractivity contribution in [1.29, 1.82) is 0 Å². The van der Waals surface area contributed by atoms with E-state index in [1.807, 2.05) is 132 Å². The first-order chi connectivity index (χ1) is 36.9. The second kappa shape index (κ2) is 19.7. The van der Waals surface area contributed by atoms with Gasteiger partial charge < -0.3 is 39.3 Å². The van der Waals surface area contributed by atoms with Crippen LogP contribution in [0, 0.1) is 5.92 Å². The number of anilines is 5. The Morgan fingerprint density at radius 3 is 1.83 bits per heavy atom. The summed E-state index contributed by atoms with van der Waals surface area (Å²) < 4.78 is 26.3. The number of rotatable bonds is 13. The highest BCUT2D eigenvalue weighted by Crippen LogP contribution is 2.61. The Labute approximate surface area is 444 Å². The molecule has 1 aromatic heterocycles. The van der Waals surface area contributed by atoms with Crippen LogP contribution in [0.5, 0.6) is 0 Å². The Hall–Kier alpha value is -6.76. The zero-order valence-corrected chi connectivity index (χ0v) is 44.5. The molecule has 3 N–H and O–H groups in total. The average Bonchev–Trinajstić information content (AvgIpc) is 4.43. The number of fused-ring (bicyclic) bond motifs is 2. The fourth-order valence-electron chi connectivity index (χ4n) is 13.9. The molecule has 76 heavy (non-hydrogen) atoms. The molecule has 0 bridgehead atoms. The van der Waals surface area contributed by atoms with Gasteiger partial charge in [0.05, 0.1) is 49.9 Å². The van der Waals surface area contributed by atoms with E-state index in [9.17, 15) is 9.90 Å². The van der Waals surface area contributed by atoms with Gasteiger partial charge in [0.1, 0.15) is 11.1 Å². The minimum atomic E-state index is -3.59. The van der Waals surface area contributed by atoms with Crippen LogP contribution in [0.15, 0.2) is 140 Å². The third-order valence-electron chi connectivity index (χ3n) is 17.6. The fraction of sp³-hybridized carbons (Fsp3) is 0.407. The molecule has 6 aromatic rings. The minimum absolute atomic E-state index is 0.00903. The summed E-state index contributed by atoms with van der Waals surface area (Å²) >= 11 is 0. The summed E-state index contributed by atoms with van der Waals surface area (Å²) in [5, 5.41) is 26.2. The number of aliphatic hydroxyl groups is 1. The monoisotopic (exact) mass is 1040 g/mol. The van der Waals surface area contributed by atoms with Crippen molar-refractivity contribution in [3.8, 4) is 0 Å². The molecule has 5 fully saturated rings. The van der Waals surface area contributed by atoms with Gasteiger partial charge in [0, 0.05) is 52.5 Å². The van der Waals surface area contributed by atoms with E-state index in [-0.39, 0.29) is 36.8 Å². The van der Waals surface area contributed by atoms with Crippen molar-refractivity contribution in [3.63, 3.8) is 0 Å². The number of halogens is 1. The molecular formula is C59H67FN10O5Si. The molecule has 394 valence electrons. The maximum atomic E-state index is 17.3. The lowest BCUT2D eigenvalue weighted by molar-refractivity contribution is -0.146. The predicted octanol–water partition coefficient (Wildman–Crippen LogP) is 7.68. The topological polar surface area (TPSA) is 152 Å². The number of ether oxygens (including phenoxy) is 1. The molecule has 6 aliphatic heterocycles. The standard InChI is InChI=1S/C59H67FN10O5Si/c1-41-53(76(2,3)60)52(24-33-65-37-50(63-64-65)48(38-71)43-15-7-4-8-16-43)75-59(41)49-35-47(68-40-70(45-19-11-6-12-20-45)58(55(68)73)27-31-62-32-28-58)22-23-51(49)66(56(59)74)36-42-14-13-21-46(34-42)67-39-69(44-17-9-5-10-18-44)57(54(67)72)25-29-61-30-26-57/h4-23,34-35,37,41,48,52-53,61-62,71H,24-33,36,38-40H2,1-3H3/t41-,48?,52+,53-,59+/m1/s1. The molecule has 6 aliphatic rings. The number of aromatic nitrogens is 3. The van der Waals surface area contributed by atoms with Crippen LogP contribution in [0.3, 0.4) is 0 Å². The van der Waals surface area contributed by atoms with Gasteiger partial charge in [-0.3, -0.25) is 28.9 Å². The fourth-order valence-corrected chi connectivity index (χ4v) is 16.4. The van der Waals surface area contributed by atoms with E-state index < -0.39 is 42.6 Å². The van der Waals surface area contributed by atoms with Gasteiger partial charge in [0.25, 0.3) is 17.7 Å². The number of piperidine rings is 2. The maximum absolute atomic E-state index is 17.3. The van der Waals surface area contributed by atoms with Gasteiger partial charge in [-0.2, -0.15) is 0 Å². The Bertz CT molecular complexity index is 3110. The molecule has 17 heteroatoms. The van der Waals surface area contributed by atoms with Gasteiger partial charge in [0.15, 0.2) is 5.60 Å². The van der Waals surface area contributed by atoms with Crippen molar-refractivity contribution in [2.75, 3.05) is 70.6 Å². The maximum Gasteiger partial charge on any atom is 0.264 e. The van der Waals surface area contributed by atoms with E-state index in [2.05, 4.69) is 55.0 Å². The van der Waals surface area contributed by atoms with E-state index in [1.54, 1.807) is 22.7 Å². The van der Waals surface area contributed by atoms with Gasteiger partial charge in [-0.15, -0.1) is 5.10 Å². The van der Waals surface area contributed by atoms with Crippen molar-refractivity contribution in [1.82, 2.24) is 25.6 Å². The van der Waals surface area contributed by atoms with Gasteiger partial charge in [-0.1, -0.05) is 91.0 Å². The zero-order valence-electron chi connectivity index (χ0n) is 43.5. The molecular weight excluding hydrogens is 976 g/mol. The summed E-state index contributed by atoms with van der Waals surface area (Å²) in [5.74, 6) is -1.17. The van der Waals surface area contributed by atoms with E-state index >= 15 is 13.7 Å². The molecule has 12 rings (SSSR count). The van der Waals surface area contributed by atoms with Crippen LogP contribution in [0.4, 0.5) is 32.5 Å². The van der Waals surface area contributed by atoms with Gasteiger partial charge in [-0.25, -0.2) is 0 Å². The van der Waals surface area contributed by atoms with Crippen LogP contribution in [-0.4, -0.2) is 110 Å². The predicted molar refractivity (Wildman–Crippen MR) is 294 cm³/mol. The number of nitrogens with one attached hydrogen (secondary N) is 2. The molecule has 0 radical (unpaired) electrons. The number of nitrogens with zero attached hydrogens (tertiary/aromatic N) is 8. The van der Waals surface area contributed by atoms with Crippen LogP contribution in [0.1, 0.15) is 67.3 Å². The number of carbonyl (C=O) groups is 3. The zero-order chi connectivity index (χ0) is 52.4. The van der Waals surface area contributed by atoms with Gasteiger partial charge in [0.2, 0.25) is 8.41 Å². The number of aryl methyl sites for hydroxylation is 1. The summed E-state index contributed by atoms with van der Waals surface area (Å²) in [6.45, 7) is 9.34. The quantitative estimate of drug-likeness (QED) is 0.0772. The Kier molecular flexibility index (Phi) is 13.0. The smallest absolute Gasteiger partial charge is 0.264 e. The molecule has 0 aliphatic carbocycles. The van der Waals surface area contributed by atoms with Crippen LogP contribution in [-0.2, 0) is 37.8 Å². The van der Waals surface area contributed by atoms with Crippen LogP contribution in [0.25, 0.3) is 0 Å². The lowest BCUT2D eigenvalue weighted by atomic mass is 9.82. The molecule has 15 nitrogen and oxygen atoms in total. The van der Waals surface area contributed by atoms with E-state index in [0.29, 0.717) is 87.7 Å². The molecule has 3 amide bonds. The summed E-state index contributed by atoms with van der Waals surface area (Å²) in [4.78, 5) is 55.9. The first-order valence-electron chi connectivity index (χ1n) is 27.0. The number of hydrogen-bond donors (Lipinski definition) is 3. The Morgan fingerprint density at radius 2 is 1.26 bits per heavy atom. The first-order valence-corrected chi connectivity index (χ1v) is 30.0. The molecule has 5 saturated heterocycles. The van der Waals surface area contributed by atoms with Crippen LogP contribution < -0.4 is 35.1 Å². The highest BCUT2D eigenvalue weighted by Gasteiger charge is 2.67. The third-order valence-corrected chi connectivity index (χ3v) is 20.1. The number of carbonyl (C=O) groups excluding carboxylic acids is 3. The highest BCUT2D eigenvalue weighted by molar-refractivity contribution is 6.72. The SMILES string of the molecule is C[C@@H]1[C@@H]([Si](C)(C)F)[C@H](CCn2cc(C(CO)c3ccccc3)nn2)O[C@@]12C(=O)N(Cc1cccc(N3CN(c4ccccc4)C4(CCNCC4)C3=O)c1)c1ccc(N3CN(c4ccccc4)C4(CCNCC4)C3=O)cc12. The average molecular weight is 1040 g/mol. The molecule has 5 aromatic carbocycles. The lowest BCUT2D eigenvalue weighted by Crippen LogP contribution is -2.55. The number of benzene rings is 5. The van der Waals surface area contributed by atoms with E-state index in [0.717, 1.165) is 41.3 Å². The molecule has 5 atom stereocenters.